The largest absolute Gasteiger partial charge is 0.478 e. The lowest BCUT2D eigenvalue weighted by atomic mass is 10.2. The van der Waals surface area contributed by atoms with E-state index in [4.69, 9.17) is 9.47 Å². The molecule has 6 heteroatoms. The second kappa shape index (κ2) is 7.40. The molecule has 1 aromatic rings. The number of nitrogens with zero attached hydrogens (tertiary/aromatic N) is 3. The quantitative estimate of drug-likeness (QED) is 0.848. The molecule has 2 heterocycles. The average molecular weight is 280 g/mol. The molecule has 1 aliphatic rings. The van der Waals surface area contributed by atoms with Crippen LogP contribution in [0, 0.1) is 6.92 Å². The van der Waals surface area contributed by atoms with Gasteiger partial charge in [-0.25, -0.2) is 4.98 Å². The van der Waals surface area contributed by atoms with Gasteiger partial charge in [-0.15, -0.1) is 0 Å². The lowest BCUT2D eigenvalue weighted by molar-refractivity contribution is -0.0192. The number of aryl methyl sites for hydroxylation is 1. The van der Waals surface area contributed by atoms with Crippen LogP contribution in [0.5, 0.6) is 5.88 Å². The monoisotopic (exact) mass is 280 g/mol. The molecule has 1 aliphatic heterocycles. The molecule has 2 rings (SSSR count). The molecular formula is C14H24N4O2. The number of rotatable bonds is 6. The standard InChI is InChI=1S/C14H24N4O2/c1-4-18-6-7-20-12(10-18)9-15-13-8-14(19-5-2)17-11(3)16-13/h8,12H,4-7,9-10H2,1-3H3,(H,15,16,17). The normalized spacial score (nSPS) is 19.9. The van der Waals surface area contributed by atoms with Crippen LogP contribution in [0.4, 0.5) is 5.82 Å². The highest BCUT2D eigenvalue weighted by Crippen LogP contribution is 2.14. The fourth-order valence-electron chi connectivity index (χ4n) is 2.26. The van der Waals surface area contributed by atoms with Crippen molar-refractivity contribution < 1.29 is 9.47 Å². The molecule has 1 saturated heterocycles. The maximum atomic E-state index is 5.76. The van der Waals surface area contributed by atoms with Crippen LogP contribution >= 0.6 is 0 Å². The predicted molar refractivity (Wildman–Crippen MR) is 78.3 cm³/mol. The van der Waals surface area contributed by atoms with Crippen molar-refractivity contribution in [2.24, 2.45) is 0 Å². The van der Waals surface area contributed by atoms with Crippen molar-refractivity contribution in [3.8, 4) is 5.88 Å². The summed E-state index contributed by atoms with van der Waals surface area (Å²) in [7, 11) is 0. The summed E-state index contributed by atoms with van der Waals surface area (Å²) in [6.07, 6.45) is 0.203. The van der Waals surface area contributed by atoms with E-state index in [1.165, 1.54) is 0 Å². The molecule has 0 aromatic carbocycles. The van der Waals surface area contributed by atoms with E-state index in [2.05, 4.69) is 27.1 Å². The van der Waals surface area contributed by atoms with Crippen molar-refractivity contribution in [1.29, 1.82) is 0 Å². The Morgan fingerprint density at radius 3 is 3.05 bits per heavy atom. The van der Waals surface area contributed by atoms with Crippen LogP contribution in [0.15, 0.2) is 6.07 Å². The third-order valence-electron chi connectivity index (χ3n) is 3.29. The summed E-state index contributed by atoms with van der Waals surface area (Å²) in [6.45, 7) is 11.2. The fraction of sp³-hybridized carbons (Fsp3) is 0.714. The molecule has 112 valence electrons. The van der Waals surface area contributed by atoms with Crippen molar-refractivity contribution in [1.82, 2.24) is 14.9 Å². The molecule has 1 unspecified atom stereocenters. The highest BCUT2D eigenvalue weighted by molar-refractivity contribution is 5.38. The van der Waals surface area contributed by atoms with E-state index in [1.54, 1.807) is 0 Å². The summed E-state index contributed by atoms with van der Waals surface area (Å²) < 4.78 is 11.2. The van der Waals surface area contributed by atoms with Crippen molar-refractivity contribution in [3.05, 3.63) is 11.9 Å². The van der Waals surface area contributed by atoms with Gasteiger partial charge in [0.15, 0.2) is 0 Å². The zero-order valence-corrected chi connectivity index (χ0v) is 12.6. The SMILES string of the molecule is CCOc1cc(NCC2CN(CC)CCO2)nc(C)n1. The van der Waals surface area contributed by atoms with Gasteiger partial charge in [0, 0.05) is 25.7 Å². The molecule has 0 aliphatic carbocycles. The second-order valence-corrected chi connectivity index (χ2v) is 4.84. The van der Waals surface area contributed by atoms with Gasteiger partial charge in [0.1, 0.15) is 11.6 Å². The molecule has 0 saturated carbocycles. The van der Waals surface area contributed by atoms with E-state index in [0.717, 1.165) is 38.6 Å². The molecule has 1 fully saturated rings. The highest BCUT2D eigenvalue weighted by atomic mass is 16.5. The first-order chi connectivity index (χ1) is 9.71. The van der Waals surface area contributed by atoms with Crippen molar-refractivity contribution >= 4 is 5.82 Å². The van der Waals surface area contributed by atoms with Gasteiger partial charge in [0.2, 0.25) is 5.88 Å². The Bertz CT molecular complexity index is 428. The Morgan fingerprint density at radius 2 is 2.30 bits per heavy atom. The second-order valence-electron chi connectivity index (χ2n) is 4.84. The molecule has 0 amide bonds. The molecule has 1 atom stereocenters. The first-order valence-corrected chi connectivity index (χ1v) is 7.27. The number of morpholine rings is 1. The van der Waals surface area contributed by atoms with Gasteiger partial charge in [0.25, 0.3) is 0 Å². The summed E-state index contributed by atoms with van der Waals surface area (Å²) in [5.41, 5.74) is 0. The van der Waals surface area contributed by atoms with Gasteiger partial charge in [0.05, 0.1) is 19.3 Å². The number of aromatic nitrogens is 2. The third-order valence-corrected chi connectivity index (χ3v) is 3.29. The summed E-state index contributed by atoms with van der Waals surface area (Å²) in [5.74, 6) is 2.11. The van der Waals surface area contributed by atoms with Crippen molar-refractivity contribution in [3.63, 3.8) is 0 Å². The number of anilines is 1. The lowest BCUT2D eigenvalue weighted by Gasteiger charge is -2.32. The van der Waals surface area contributed by atoms with Crippen LogP contribution in [0.25, 0.3) is 0 Å². The van der Waals surface area contributed by atoms with E-state index in [1.807, 2.05) is 19.9 Å². The first-order valence-electron chi connectivity index (χ1n) is 7.27. The van der Waals surface area contributed by atoms with E-state index < -0.39 is 0 Å². The number of ether oxygens (including phenoxy) is 2. The first kappa shape index (κ1) is 15.0. The minimum Gasteiger partial charge on any atom is -0.478 e. The van der Waals surface area contributed by atoms with Gasteiger partial charge in [-0.05, 0) is 20.4 Å². The number of hydrogen-bond donors (Lipinski definition) is 1. The van der Waals surface area contributed by atoms with Gasteiger partial charge in [-0.3, -0.25) is 4.90 Å². The average Bonchev–Trinajstić information content (AvgIpc) is 2.45. The Kier molecular flexibility index (Phi) is 5.55. The molecule has 1 N–H and O–H groups in total. The maximum absolute atomic E-state index is 5.76. The molecular weight excluding hydrogens is 256 g/mol. The fourth-order valence-corrected chi connectivity index (χ4v) is 2.26. The van der Waals surface area contributed by atoms with E-state index in [0.29, 0.717) is 18.3 Å². The van der Waals surface area contributed by atoms with Crippen LogP contribution in [0.1, 0.15) is 19.7 Å². The molecule has 0 spiro atoms. The molecule has 1 aromatic heterocycles. The van der Waals surface area contributed by atoms with Crippen LogP contribution in [-0.4, -0.2) is 60.4 Å². The maximum Gasteiger partial charge on any atom is 0.218 e. The summed E-state index contributed by atoms with van der Waals surface area (Å²) in [5, 5.41) is 3.32. The highest BCUT2D eigenvalue weighted by Gasteiger charge is 2.19. The van der Waals surface area contributed by atoms with Gasteiger partial charge in [-0.1, -0.05) is 6.92 Å². The Balaban J connectivity index is 1.89. The number of nitrogens with one attached hydrogen (secondary N) is 1. The minimum atomic E-state index is 0.203. The minimum absolute atomic E-state index is 0.203. The summed E-state index contributed by atoms with van der Waals surface area (Å²) in [4.78, 5) is 11.0. The zero-order valence-electron chi connectivity index (χ0n) is 12.6. The smallest absolute Gasteiger partial charge is 0.218 e. The molecule has 0 bridgehead atoms. The molecule has 6 nitrogen and oxygen atoms in total. The summed E-state index contributed by atoms with van der Waals surface area (Å²) >= 11 is 0. The topological polar surface area (TPSA) is 59.5 Å². The zero-order chi connectivity index (χ0) is 14.4. The third kappa shape index (κ3) is 4.31. The Morgan fingerprint density at radius 1 is 1.45 bits per heavy atom. The van der Waals surface area contributed by atoms with Crippen molar-refractivity contribution in [2.75, 3.05) is 44.7 Å². The van der Waals surface area contributed by atoms with E-state index in [9.17, 15) is 0 Å². The predicted octanol–water partition coefficient (Wildman–Crippen LogP) is 1.32. The van der Waals surface area contributed by atoms with E-state index in [-0.39, 0.29) is 6.10 Å². The molecule has 0 radical (unpaired) electrons. The van der Waals surface area contributed by atoms with E-state index >= 15 is 0 Å². The number of likely N-dealkylation sites (N-methyl/N-ethyl adjacent to an activating group) is 1. The van der Waals surface area contributed by atoms with Crippen LogP contribution < -0.4 is 10.1 Å². The van der Waals surface area contributed by atoms with Gasteiger partial charge < -0.3 is 14.8 Å². The van der Waals surface area contributed by atoms with Crippen LogP contribution in [0.3, 0.4) is 0 Å². The van der Waals surface area contributed by atoms with Gasteiger partial charge in [-0.2, -0.15) is 4.98 Å². The van der Waals surface area contributed by atoms with Crippen molar-refractivity contribution in [2.45, 2.75) is 26.9 Å². The Hall–Kier alpha value is -1.40. The van der Waals surface area contributed by atoms with Crippen LogP contribution in [-0.2, 0) is 4.74 Å². The molecule has 20 heavy (non-hydrogen) atoms. The lowest BCUT2D eigenvalue weighted by Crippen LogP contribution is -2.45. The van der Waals surface area contributed by atoms with Gasteiger partial charge >= 0.3 is 0 Å². The number of hydrogen-bond acceptors (Lipinski definition) is 6. The Labute approximate surface area is 120 Å². The van der Waals surface area contributed by atoms with Crippen LogP contribution in [0.2, 0.25) is 0 Å². The summed E-state index contributed by atoms with van der Waals surface area (Å²) in [6, 6.07) is 1.83.